The van der Waals surface area contributed by atoms with Gasteiger partial charge >= 0.3 is 0 Å². The highest BCUT2D eigenvalue weighted by Crippen LogP contribution is 2.12. The van der Waals surface area contributed by atoms with E-state index >= 15 is 0 Å². The van der Waals surface area contributed by atoms with Crippen molar-refractivity contribution in [3.63, 3.8) is 0 Å². The monoisotopic (exact) mass is 239 g/mol. The Labute approximate surface area is 102 Å². The van der Waals surface area contributed by atoms with Crippen molar-refractivity contribution in [3.05, 3.63) is 23.7 Å². The van der Waals surface area contributed by atoms with Crippen LogP contribution in [0, 0.1) is 6.92 Å². The molecule has 1 heterocycles. The lowest BCUT2D eigenvalue weighted by Crippen LogP contribution is -2.34. The van der Waals surface area contributed by atoms with Gasteiger partial charge in [-0.15, -0.1) is 0 Å². The van der Waals surface area contributed by atoms with Crippen LogP contribution in [-0.4, -0.2) is 35.6 Å². The Morgan fingerprint density at radius 2 is 2.18 bits per heavy atom. The molecule has 0 spiro atoms. The second kappa shape index (κ2) is 7.12. The summed E-state index contributed by atoms with van der Waals surface area (Å²) in [6.45, 7) is 4.97. The van der Waals surface area contributed by atoms with E-state index in [9.17, 15) is 4.79 Å². The summed E-state index contributed by atoms with van der Waals surface area (Å²) >= 11 is 0. The first-order valence-corrected chi connectivity index (χ1v) is 6.15. The van der Waals surface area contributed by atoms with Gasteiger partial charge in [0.15, 0.2) is 0 Å². The highest BCUT2D eigenvalue weighted by atomic mass is 16.3. The van der Waals surface area contributed by atoms with Crippen molar-refractivity contribution < 1.29 is 14.3 Å². The van der Waals surface area contributed by atoms with Gasteiger partial charge in [0.25, 0.3) is 5.91 Å². The van der Waals surface area contributed by atoms with Crippen LogP contribution in [0.2, 0.25) is 0 Å². The van der Waals surface area contributed by atoms with Crippen LogP contribution in [0.4, 0.5) is 0 Å². The maximum atomic E-state index is 12.2. The number of furan rings is 1. The number of aliphatic hydroxyl groups excluding tert-OH is 1. The van der Waals surface area contributed by atoms with E-state index in [-0.39, 0.29) is 12.5 Å². The molecule has 1 N–H and O–H groups in total. The number of unbranched alkanes of at least 4 members (excludes halogenated alkanes) is 2. The number of hydrogen-bond acceptors (Lipinski definition) is 3. The van der Waals surface area contributed by atoms with E-state index in [1.165, 1.54) is 6.26 Å². The zero-order chi connectivity index (χ0) is 12.7. The largest absolute Gasteiger partial charge is 0.469 e. The number of hydrogen-bond donors (Lipinski definition) is 1. The first kappa shape index (κ1) is 13.8. The maximum Gasteiger partial charge on any atom is 0.257 e. The standard InChI is InChI=1S/C13H21NO3/c1-3-4-5-7-14(8-9-15)13(16)12-6-10-17-11(12)2/h6,10,15H,3-5,7-9H2,1-2H3. The third-order valence-corrected chi connectivity index (χ3v) is 2.78. The Morgan fingerprint density at radius 3 is 2.71 bits per heavy atom. The van der Waals surface area contributed by atoms with E-state index in [1.807, 2.05) is 0 Å². The van der Waals surface area contributed by atoms with Gasteiger partial charge < -0.3 is 14.4 Å². The van der Waals surface area contributed by atoms with Crippen LogP contribution in [0.15, 0.2) is 16.7 Å². The van der Waals surface area contributed by atoms with Gasteiger partial charge in [0.05, 0.1) is 18.4 Å². The van der Waals surface area contributed by atoms with Crippen molar-refractivity contribution in [2.75, 3.05) is 19.7 Å². The number of rotatable bonds is 7. The SMILES string of the molecule is CCCCCN(CCO)C(=O)c1ccoc1C. The Morgan fingerprint density at radius 1 is 1.41 bits per heavy atom. The summed E-state index contributed by atoms with van der Waals surface area (Å²) in [6, 6.07) is 1.68. The average molecular weight is 239 g/mol. The lowest BCUT2D eigenvalue weighted by molar-refractivity contribution is 0.0717. The number of nitrogens with zero attached hydrogens (tertiary/aromatic N) is 1. The van der Waals surface area contributed by atoms with E-state index in [4.69, 9.17) is 9.52 Å². The molecule has 0 saturated carbocycles. The minimum atomic E-state index is -0.0543. The zero-order valence-electron chi connectivity index (χ0n) is 10.6. The van der Waals surface area contributed by atoms with E-state index in [2.05, 4.69) is 6.92 Å². The molecule has 1 rings (SSSR count). The molecule has 1 aromatic heterocycles. The summed E-state index contributed by atoms with van der Waals surface area (Å²) in [5.74, 6) is 0.579. The second-order valence-corrected chi connectivity index (χ2v) is 4.11. The summed E-state index contributed by atoms with van der Waals surface area (Å²) in [4.78, 5) is 13.9. The van der Waals surface area contributed by atoms with Gasteiger partial charge in [0, 0.05) is 13.1 Å². The molecule has 0 unspecified atom stereocenters. The van der Waals surface area contributed by atoms with Crippen molar-refractivity contribution in [2.45, 2.75) is 33.1 Å². The van der Waals surface area contributed by atoms with Crippen molar-refractivity contribution in [2.24, 2.45) is 0 Å². The molecule has 4 heteroatoms. The highest BCUT2D eigenvalue weighted by molar-refractivity contribution is 5.95. The smallest absolute Gasteiger partial charge is 0.257 e. The van der Waals surface area contributed by atoms with Gasteiger partial charge in [-0.1, -0.05) is 19.8 Å². The van der Waals surface area contributed by atoms with E-state index in [0.29, 0.717) is 24.4 Å². The topological polar surface area (TPSA) is 53.7 Å². The third-order valence-electron chi connectivity index (χ3n) is 2.78. The Balaban J connectivity index is 2.63. The number of aryl methyl sites for hydroxylation is 1. The lowest BCUT2D eigenvalue weighted by atomic mass is 10.2. The molecule has 0 fully saturated rings. The molecule has 0 bridgehead atoms. The van der Waals surface area contributed by atoms with Crippen molar-refractivity contribution in [1.82, 2.24) is 4.90 Å². The van der Waals surface area contributed by atoms with Crippen LogP contribution in [0.25, 0.3) is 0 Å². The molecule has 0 aromatic carbocycles. The van der Waals surface area contributed by atoms with E-state index < -0.39 is 0 Å². The fourth-order valence-electron chi connectivity index (χ4n) is 1.77. The molecule has 1 amide bonds. The van der Waals surface area contributed by atoms with Crippen LogP contribution < -0.4 is 0 Å². The molecular weight excluding hydrogens is 218 g/mol. The van der Waals surface area contributed by atoms with Crippen LogP contribution in [-0.2, 0) is 0 Å². The summed E-state index contributed by atoms with van der Waals surface area (Å²) in [5, 5.41) is 8.99. The predicted molar refractivity (Wildman–Crippen MR) is 66.0 cm³/mol. The predicted octanol–water partition coefficient (Wildman–Crippen LogP) is 2.21. The summed E-state index contributed by atoms with van der Waals surface area (Å²) in [5.41, 5.74) is 0.593. The van der Waals surface area contributed by atoms with Gasteiger partial charge in [-0.25, -0.2) is 0 Å². The molecule has 0 aliphatic heterocycles. The molecule has 17 heavy (non-hydrogen) atoms. The van der Waals surface area contributed by atoms with E-state index in [0.717, 1.165) is 19.3 Å². The van der Waals surface area contributed by atoms with Crippen LogP contribution in [0.5, 0.6) is 0 Å². The molecule has 4 nitrogen and oxygen atoms in total. The Hall–Kier alpha value is -1.29. The van der Waals surface area contributed by atoms with Crippen molar-refractivity contribution in [3.8, 4) is 0 Å². The summed E-state index contributed by atoms with van der Waals surface area (Å²) in [7, 11) is 0. The summed E-state index contributed by atoms with van der Waals surface area (Å²) in [6.07, 6.45) is 4.70. The number of carbonyl (C=O) groups excluding carboxylic acids is 1. The van der Waals surface area contributed by atoms with Crippen molar-refractivity contribution in [1.29, 1.82) is 0 Å². The zero-order valence-corrected chi connectivity index (χ0v) is 10.6. The number of carbonyl (C=O) groups is 1. The minimum absolute atomic E-state index is 0.00519. The van der Waals surface area contributed by atoms with Crippen LogP contribution in [0.1, 0.15) is 42.3 Å². The fraction of sp³-hybridized carbons (Fsp3) is 0.615. The average Bonchev–Trinajstić information content (AvgIpc) is 2.74. The van der Waals surface area contributed by atoms with E-state index in [1.54, 1.807) is 17.9 Å². The molecule has 0 radical (unpaired) electrons. The molecule has 0 aliphatic carbocycles. The Kier molecular flexibility index (Phi) is 5.77. The molecular formula is C13H21NO3. The highest BCUT2D eigenvalue weighted by Gasteiger charge is 2.18. The van der Waals surface area contributed by atoms with Gasteiger partial charge in [0.1, 0.15) is 5.76 Å². The third kappa shape index (κ3) is 3.89. The molecule has 0 saturated heterocycles. The quantitative estimate of drug-likeness (QED) is 0.742. The van der Waals surface area contributed by atoms with Gasteiger partial charge in [-0.3, -0.25) is 4.79 Å². The van der Waals surface area contributed by atoms with Crippen molar-refractivity contribution >= 4 is 5.91 Å². The number of amides is 1. The molecule has 0 atom stereocenters. The lowest BCUT2D eigenvalue weighted by Gasteiger charge is -2.21. The first-order valence-electron chi connectivity index (χ1n) is 6.15. The summed E-state index contributed by atoms with van der Waals surface area (Å²) < 4.78 is 5.13. The molecule has 0 aliphatic rings. The maximum absolute atomic E-state index is 12.2. The molecule has 1 aromatic rings. The second-order valence-electron chi connectivity index (χ2n) is 4.11. The van der Waals surface area contributed by atoms with Crippen LogP contribution in [0.3, 0.4) is 0 Å². The van der Waals surface area contributed by atoms with Gasteiger partial charge in [0.2, 0.25) is 0 Å². The van der Waals surface area contributed by atoms with Gasteiger partial charge in [-0.2, -0.15) is 0 Å². The molecule has 96 valence electrons. The number of aliphatic hydroxyl groups is 1. The first-order chi connectivity index (χ1) is 8.20. The minimum Gasteiger partial charge on any atom is -0.469 e. The fourth-order valence-corrected chi connectivity index (χ4v) is 1.77. The normalized spacial score (nSPS) is 10.5. The van der Waals surface area contributed by atoms with Crippen LogP contribution >= 0.6 is 0 Å². The Bertz CT molecular complexity index is 346. The van der Waals surface area contributed by atoms with Gasteiger partial charge in [-0.05, 0) is 19.4 Å².